The van der Waals surface area contributed by atoms with Gasteiger partial charge in [0.1, 0.15) is 22.4 Å². The number of piperazine rings is 1. The third kappa shape index (κ3) is 6.24. The van der Waals surface area contributed by atoms with Gasteiger partial charge in [0.15, 0.2) is 0 Å². The minimum Gasteiger partial charge on any atom is -0.444 e. The summed E-state index contributed by atoms with van der Waals surface area (Å²) in [7, 11) is 1.55. The van der Waals surface area contributed by atoms with E-state index in [1.165, 1.54) is 0 Å². The maximum absolute atomic E-state index is 14.6. The van der Waals surface area contributed by atoms with Gasteiger partial charge in [-0.3, -0.25) is 19.1 Å². The van der Waals surface area contributed by atoms with Crippen molar-refractivity contribution in [3.63, 3.8) is 0 Å². The first-order valence-corrected chi connectivity index (χ1v) is 14.8. The van der Waals surface area contributed by atoms with Gasteiger partial charge in [-0.05, 0) is 70.0 Å². The highest BCUT2D eigenvalue weighted by Crippen LogP contribution is 2.39. The zero-order chi connectivity index (χ0) is 31.6. The van der Waals surface area contributed by atoms with Crippen LogP contribution in [0.2, 0.25) is 0 Å². The first kappa shape index (κ1) is 30.6. The van der Waals surface area contributed by atoms with Gasteiger partial charge in [-0.25, -0.2) is 4.79 Å². The zero-order valence-corrected chi connectivity index (χ0v) is 26.1. The number of hydrogen-bond donors (Lipinski definition) is 1. The summed E-state index contributed by atoms with van der Waals surface area (Å²) in [6.45, 7) is 9.92. The van der Waals surface area contributed by atoms with Crippen molar-refractivity contribution in [2.75, 3.05) is 26.7 Å². The number of aromatic nitrogens is 2. The van der Waals surface area contributed by atoms with E-state index in [4.69, 9.17) is 9.47 Å². The van der Waals surface area contributed by atoms with Crippen molar-refractivity contribution in [1.29, 1.82) is 0 Å². The molecule has 1 N–H and O–H groups in total. The van der Waals surface area contributed by atoms with Crippen LogP contribution in [-0.2, 0) is 9.53 Å². The summed E-state index contributed by atoms with van der Waals surface area (Å²) in [4.78, 5) is 48.1. The van der Waals surface area contributed by atoms with Crippen molar-refractivity contribution in [2.24, 2.45) is 0 Å². The molecule has 10 heteroatoms. The van der Waals surface area contributed by atoms with Gasteiger partial charge in [0.25, 0.3) is 5.91 Å². The molecule has 2 aromatic heterocycles. The molecule has 0 aliphatic carbocycles. The van der Waals surface area contributed by atoms with Crippen LogP contribution in [0.1, 0.15) is 48.7 Å². The van der Waals surface area contributed by atoms with E-state index in [0.717, 1.165) is 22.3 Å². The molecule has 10 nitrogen and oxygen atoms in total. The summed E-state index contributed by atoms with van der Waals surface area (Å²) in [5, 5.41) is 2.63. The summed E-state index contributed by atoms with van der Waals surface area (Å²) in [5.41, 5.74) is 3.51. The standard InChI is InChI=1S/C34H39N5O5/c1-22-12-10-13-23(2)30(22)43-32-28(29-26(16-11-17-36-29)39(32)24-14-8-7-9-15-24)31(41)37-18-19-38(33(42)44-34(3,4)5)25(21-37)20-27(40)35-6/h7-17,25H,18-21H2,1-6H3,(H,35,40). The number of aryl methyl sites for hydroxylation is 2. The van der Waals surface area contributed by atoms with Crippen molar-refractivity contribution in [3.8, 4) is 17.3 Å². The van der Waals surface area contributed by atoms with Gasteiger partial charge in [0.05, 0.1) is 11.6 Å². The van der Waals surface area contributed by atoms with E-state index in [1.54, 1.807) is 43.8 Å². The Balaban J connectivity index is 1.61. The highest BCUT2D eigenvalue weighted by atomic mass is 16.6. The molecule has 3 heterocycles. The van der Waals surface area contributed by atoms with Crippen LogP contribution in [0.3, 0.4) is 0 Å². The smallest absolute Gasteiger partial charge is 0.410 e. The lowest BCUT2D eigenvalue weighted by Crippen LogP contribution is -2.58. The summed E-state index contributed by atoms with van der Waals surface area (Å²) in [5.74, 6) is 0.480. The van der Waals surface area contributed by atoms with E-state index >= 15 is 0 Å². The second-order valence-corrected chi connectivity index (χ2v) is 12.0. The van der Waals surface area contributed by atoms with Crippen LogP contribution in [0.15, 0.2) is 66.9 Å². The average molecular weight is 598 g/mol. The Kier molecular flexibility index (Phi) is 8.62. The summed E-state index contributed by atoms with van der Waals surface area (Å²) < 4.78 is 14.3. The number of rotatable bonds is 6. The third-order valence-corrected chi connectivity index (χ3v) is 7.61. The van der Waals surface area contributed by atoms with Crippen molar-refractivity contribution >= 4 is 28.9 Å². The van der Waals surface area contributed by atoms with Gasteiger partial charge < -0.3 is 24.6 Å². The van der Waals surface area contributed by atoms with Gasteiger partial charge in [0.2, 0.25) is 11.8 Å². The predicted octanol–water partition coefficient (Wildman–Crippen LogP) is 5.63. The van der Waals surface area contributed by atoms with Crippen molar-refractivity contribution in [3.05, 3.63) is 83.6 Å². The first-order chi connectivity index (χ1) is 21.0. The minimum absolute atomic E-state index is 0.0231. The number of pyridine rings is 1. The lowest BCUT2D eigenvalue weighted by molar-refractivity contribution is -0.122. The Morgan fingerprint density at radius 2 is 1.66 bits per heavy atom. The Bertz CT molecular complexity index is 1670. The summed E-state index contributed by atoms with van der Waals surface area (Å²) in [6.07, 6.45) is 1.17. The fourth-order valence-corrected chi connectivity index (χ4v) is 5.52. The fourth-order valence-electron chi connectivity index (χ4n) is 5.52. The number of carbonyl (C=O) groups is 3. The molecular formula is C34H39N5O5. The molecule has 0 saturated carbocycles. The van der Waals surface area contributed by atoms with Crippen LogP contribution in [-0.4, -0.2) is 75.6 Å². The van der Waals surface area contributed by atoms with Crippen LogP contribution in [0.25, 0.3) is 16.7 Å². The quantitative estimate of drug-likeness (QED) is 0.309. The molecule has 1 atom stereocenters. The van der Waals surface area contributed by atoms with Gasteiger partial charge in [0, 0.05) is 45.0 Å². The molecule has 230 valence electrons. The molecule has 1 fully saturated rings. The Morgan fingerprint density at radius 3 is 2.32 bits per heavy atom. The lowest BCUT2D eigenvalue weighted by atomic mass is 10.1. The molecule has 1 unspecified atom stereocenters. The number of amides is 3. The van der Waals surface area contributed by atoms with Crippen LogP contribution >= 0.6 is 0 Å². The number of nitrogens with one attached hydrogen (secondary N) is 1. The second kappa shape index (κ2) is 12.4. The number of para-hydroxylation sites is 2. The normalized spacial score (nSPS) is 15.3. The monoisotopic (exact) mass is 597 g/mol. The molecular weight excluding hydrogens is 558 g/mol. The van der Waals surface area contributed by atoms with Crippen molar-refractivity contribution in [1.82, 2.24) is 24.7 Å². The average Bonchev–Trinajstić information content (AvgIpc) is 3.31. The zero-order valence-electron chi connectivity index (χ0n) is 26.1. The second-order valence-electron chi connectivity index (χ2n) is 12.0. The number of nitrogens with zero attached hydrogens (tertiary/aromatic N) is 4. The van der Waals surface area contributed by atoms with Crippen LogP contribution in [0.5, 0.6) is 11.6 Å². The fraction of sp³-hybridized carbons (Fsp3) is 0.353. The third-order valence-electron chi connectivity index (χ3n) is 7.61. The molecule has 2 aromatic carbocycles. The molecule has 0 bridgehead atoms. The van der Waals surface area contributed by atoms with Crippen molar-refractivity contribution in [2.45, 2.75) is 52.7 Å². The lowest BCUT2D eigenvalue weighted by Gasteiger charge is -2.41. The van der Waals surface area contributed by atoms with Gasteiger partial charge in [-0.15, -0.1) is 0 Å². The van der Waals surface area contributed by atoms with E-state index in [2.05, 4.69) is 10.3 Å². The minimum atomic E-state index is -0.702. The van der Waals surface area contributed by atoms with E-state index < -0.39 is 17.7 Å². The molecule has 1 saturated heterocycles. The molecule has 4 aromatic rings. The van der Waals surface area contributed by atoms with Crippen LogP contribution < -0.4 is 10.1 Å². The van der Waals surface area contributed by atoms with Gasteiger partial charge in [-0.2, -0.15) is 0 Å². The summed E-state index contributed by atoms with van der Waals surface area (Å²) >= 11 is 0. The van der Waals surface area contributed by atoms with E-state index in [-0.39, 0.29) is 37.9 Å². The molecule has 1 aliphatic heterocycles. The van der Waals surface area contributed by atoms with Crippen LogP contribution in [0, 0.1) is 13.8 Å². The number of benzene rings is 2. The molecule has 3 amide bonds. The SMILES string of the molecule is CNC(=O)CC1CN(C(=O)c2c(Oc3c(C)cccc3C)n(-c3ccccc3)c3cccnc23)CCN1C(=O)OC(C)(C)C. The maximum Gasteiger partial charge on any atom is 0.410 e. The Labute approximate surface area is 257 Å². The maximum atomic E-state index is 14.6. The molecule has 1 aliphatic rings. The molecule has 5 rings (SSSR count). The topological polar surface area (TPSA) is 106 Å². The van der Waals surface area contributed by atoms with Crippen LogP contribution in [0.4, 0.5) is 4.79 Å². The highest BCUT2D eigenvalue weighted by molar-refractivity contribution is 6.09. The van der Waals surface area contributed by atoms with Gasteiger partial charge >= 0.3 is 6.09 Å². The number of carbonyl (C=O) groups excluding carboxylic acids is 3. The Morgan fingerprint density at radius 1 is 0.955 bits per heavy atom. The number of fused-ring (bicyclic) bond motifs is 1. The van der Waals surface area contributed by atoms with E-state index in [0.29, 0.717) is 22.7 Å². The largest absolute Gasteiger partial charge is 0.444 e. The number of hydrogen-bond acceptors (Lipinski definition) is 6. The Hall–Kier alpha value is -4.86. The van der Waals surface area contributed by atoms with E-state index in [1.807, 2.05) is 79.1 Å². The van der Waals surface area contributed by atoms with Crippen molar-refractivity contribution < 1.29 is 23.9 Å². The number of ether oxygens (including phenoxy) is 2. The first-order valence-electron chi connectivity index (χ1n) is 14.8. The summed E-state index contributed by atoms with van der Waals surface area (Å²) in [6, 6.07) is 18.8. The molecule has 0 radical (unpaired) electrons. The molecule has 0 spiro atoms. The predicted molar refractivity (Wildman–Crippen MR) is 168 cm³/mol. The highest BCUT2D eigenvalue weighted by Gasteiger charge is 2.38. The molecule has 44 heavy (non-hydrogen) atoms. The van der Waals surface area contributed by atoms with E-state index in [9.17, 15) is 14.4 Å². The van der Waals surface area contributed by atoms with Gasteiger partial charge in [-0.1, -0.05) is 36.4 Å².